The summed E-state index contributed by atoms with van der Waals surface area (Å²) < 4.78 is 0. The van der Waals surface area contributed by atoms with Crippen LogP contribution in [-0.2, 0) is 0 Å². The smallest absolute Gasteiger partial charge is 0.127 e. The maximum atomic E-state index is 9.71. The van der Waals surface area contributed by atoms with Crippen LogP contribution < -0.4 is 0 Å². The van der Waals surface area contributed by atoms with Crippen molar-refractivity contribution in [2.75, 3.05) is 0 Å². The van der Waals surface area contributed by atoms with E-state index in [9.17, 15) is 5.11 Å². The number of aromatic hydroxyl groups is 1. The molecule has 2 aromatic rings. The zero-order valence-corrected chi connectivity index (χ0v) is 7.70. The number of hydrogen-bond donors (Lipinski definition) is 1. The van der Waals surface area contributed by atoms with Gasteiger partial charge >= 0.3 is 0 Å². The Morgan fingerprint density at radius 3 is 2.62 bits per heavy atom. The van der Waals surface area contributed by atoms with Crippen LogP contribution in [0.1, 0.15) is 11.3 Å². The van der Waals surface area contributed by atoms with Crippen molar-refractivity contribution in [3.8, 4) is 5.75 Å². The maximum absolute atomic E-state index is 9.71. The van der Waals surface area contributed by atoms with E-state index in [2.05, 4.69) is 4.98 Å². The number of phenolic OH excluding ortho intramolecular Hbond substituents is 1. The standard InChI is InChI=1S/C11H11NO/c1-7-3-6-10-9(11(7)13)5-4-8(2)12-10/h3-6,13H,1-2H3. The number of aryl methyl sites for hydroxylation is 2. The molecule has 0 bridgehead atoms. The molecule has 2 heteroatoms. The summed E-state index contributed by atoms with van der Waals surface area (Å²) in [6, 6.07) is 7.61. The second-order valence-electron chi connectivity index (χ2n) is 3.25. The molecule has 2 nitrogen and oxygen atoms in total. The van der Waals surface area contributed by atoms with Crippen molar-refractivity contribution in [1.29, 1.82) is 0 Å². The minimum atomic E-state index is 0.338. The Hall–Kier alpha value is -1.57. The van der Waals surface area contributed by atoms with Crippen LogP contribution in [-0.4, -0.2) is 10.1 Å². The molecule has 0 aliphatic heterocycles. The summed E-state index contributed by atoms with van der Waals surface area (Å²) in [5.74, 6) is 0.338. The molecule has 0 atom stereocenters. The minimum Gasteiger partial charge on any atom is -0.507 e. The molecular weight excluding hydrogens is 162 g/mol. The molecular formula is C11H11NO. The largest absolute Gasteiger partial charge is 0.507 e. The number of phenols is 1. The molecule has 1 N–H and O–H groups in total. The quantitative estimate of drug-likeness (QED) is 0.664. The molecule has 0 aliphatic rings. The van der Waals surface area contributed by atoms with Gasteiger partial charge in [0.25, 0.3) is 0 Å². The molecule has 0 fully saturated rings. The van der Waals surface area contributed by atoms with Crippen LogP contribution in [0, 0.1) is 13.8 Å². The van der Waals surface area contributed by atoms with Gasteiger partial charge in [0.15, 0.2) is 0 Å². The number of fused-ring (bicyclic) bond motifs is 1. The zero-order chi connectivity index (χ0) is 9.42. The lowest BCUT2D eigenvalue weighted by Gasteiger charge is -2.03. The van der Waals surface area contributed by atoms with Crippen molar-refractivity contribution in [3.05, 3.63) is 35.5 Å². The molecule has 0 spiro atoms. The summed E-state index contributed by atoms with van der Waals surface area (Å²) in [5.41, 5.74) is 2.71. The molecule has 0 saturated carbocycles. The third-order valence-corrected chi connectivity index (χ3v) is 2.18. The fourth-order valence-corrected chi connectivity index (χ4v) is 1.40. The van der Waals surface area contributed by atoms with Crippen LogP contribution in [0.15, 0.2) is 24.3 Å². The van der Waals surface area contributed by atoms with Gasteiger partial charge in [0.1, 0.15) is 5.75 Å². The van der Waals surface area contributed by atoms with Crippen LogP contribution in [0.25, 0.3) is 10.9 Å². The van der Waals surface area contributed by atoms with E-state index in [-0.39, 0.29) is 0 Å². The van der Waals surface area contributed by atoms with E-state index in [1.165, 1.54) is 0 Å². The number of pyridine rings is 1. The average Bonchev–Trinajstić information content (AvgIpc) is 2.12. The highest BCUT2D eigenvalue weighted by atomic mass is 16.3. The molecule has 0 saturated heterocycles. The zero-order valence-electron chi connectivity index (χ0n) is 7.70. The van der Waals surface area contributed by atoms with Gasteiger partial charge in [-0.15, -0.1) is 0 Å². The fraction of sp³-hybridized carbons (Fsp3) is 0.182. The van der Waals surface area contributed by atoms with Crippen molar-refractivity contribution in [2.45, 2.75) is 13.8 Å². The van der Waals surface area contributed by atoms with Crippen LogP contribution in [0.2, 0.25) is 0 Å². The summed E-state index contributed by atoms with van der Waals surface area (Å²) in [7, 11) is 0. The number of nitrogens with zero attached hydrogens (tertiary/aromatic N) is 1. The topological polar surface area (TPSA) is 33.1 Å². The van der Waals surface area contributed by atoms with Crippen molar-refractivity contribution in [1.82, 2.24) is 4.98 Å². The predicted molar refractivity (Wildman–Crippen MR) is 52.9 cm³/mol. The molecule has 13 heavy (non-hydrogen) atoms. The van der Waals surface area contributed by atoms with Gasteiger partial charge in [0.05, 0.1) is 5.52 Å². The van der Waals surface area contributed by atoms with E-state index >= 15 is 0 Å². The van der Waals surface area contributed by atoms with E-state index in [1.807, 2.05) is 38.1 Å². The Bertz CT molecular complexity index is 463. The molecule has 0 radical (unpaired) electrons. The molecule has 66 valence electrons. The van der Waals surface area contributed by atoms with Gasteiger partial charge in [-0.1, -0.05) is 6.07 Å². The first kappa shape index (κ1) is 8.05. The molecule has 1 aromatic carbocycles. The van der Waals surface area contributed by atoms with Gasteiger partial charge in [-0.2, -0.15) is 0 Å². The predicted octanol–water partition coefficient (Wildman–Crippen LogP) is 2.56. The Labute approximate surface area is 76.9 Å². The van der Waals surface area contributed by atoms with Crippen molar-refractivity contribution in [2.24, 2.45) is 0 Å². The highest BCUT2D eigenvalue weighted by Crippen LogP contribution is 2.26. The summed E-state index contributed by atoms with van der Waals surface area (Å²) in [6.45, 7) is 3.82. The Morgan fingerprint density at radius 2 is 1.85 bits per heavy atom. The maximum Gasteiger partial charge on any atom is 0.127 e. The molecule has 2 rings (SSSR count). The van der Waals surface area contributed by atoms with E-state index in [4.69, 9.17) is 0 Å². The molecule has 0 aliphatic carbocycles. The van der Waals surface area contributed by atoms with Crippen LogP contribution in [0.5, 0.6) is 5.75 Å². The molecule has 0 unspecified atom stereocenters. The van der Waals surface area contributed by atoms with Gasteiger partial charge in [-0.25, -0.2) is 0 Å². The average molecular weight is 173 g/mol. The lowest BCUT2D eigenvalue weighted by Crippen LogP contribution is -1.84. The summed E-state index contributed by atoms with van der Waals surface area (Å²) >= 11 is 0. The van der Waals surface area contributed by atoms with Gasteiger partial charge < -0.3 is 5.11 Å². The van der Waals surface area contributed by atoms with Crippen molar-refractivity contribution in [3.63, 3.8) is 0 Å². The summed E-state index contributed by atoms with van der Waals surface area (Å²) in [5, 5.41) is 10.5. The van der Waals surface area contributed by atoms with Gasteiger partial charge in [-0.05, 0) is 37.6 Å². The first-order valence-corrected chi connectivity index (χ1v) is 4.24. The first-order valence-electron chi connectivity index (χ1n) is 4.24. The van der Waals surface area contributed by atoms with Crippen molar-refractivity contribution < 1.29 is 5.11 Å². The number of rotatable bonds is 0. The monoisotopic (exact) mass is 173 g/mol. The van der Waals surface area contributed by atoms with E-state index in [0.717, 1.165) is 22.2 Å². The van der Waals surface area contributed by atoms with Crippen LogP contribution >= 0.6 is 0 Å². The summed E-state index contributed by atoms with van der Waals surface area (Å²) in [6.07, 6.45) is 0. The van der Waals surface area contributed by atoms with Gasteiger partial charge in [-0.3, -0.25) is 4.98 Å². The van der Waals surface area contributed by atoms with Crippen molar-refractivity contribution >= 4 is 10.9 Å². The highest BCUT2D eigenvalue weighted by molar-refractivity contribution is 5.86. The molecule has 0 amide bonds. The second kappa shape index (κ2) is 2.73. The lowest BCUT2D eigenvalue weighted by atomic mass is 10.1. The number of aromatic nitrogens is 1. The Morgan fingerprint density at radius 1 is 1.08 bits per heavy atom. The van der Waals surface area contributed by atoms with Crippen LogP contribution in [0.4, 0.5) is 0 Å². The first-order chi connectivity index (χ1) is 6.18. The molecule has 1 heterocycles. The van der Waals surface area contributed by atoms with Gasteiger partial charge in [0.2, 0.25) is 0 Å². The normalized spacial score (nSPS) is 10.6. The number of benzene rings is 1. The lowest BCUT2D eigenvalue weighted by molar-refractivity contribution is 0.477. The minimum absolute atomic E-state index is 0.338. The number of hydrogen-bond acceptors (Lipinski definition) is 2. The second-order valence-corrected chi connectivity index (χ2v) is 3.25. The third kappa shape index (κ3) is 1.24. The summed E-state index contributed by atoms with van der Waals surface area (Å²) in [4.78, 5) is 4.32. The van der Waals surface area contributed by atoms with Gasteiger partial charge in [0, 0.05) is 11.1 Å². The SMILES string of the molecule is Cc1ccc2c(O)c(C)ccc2n1. The fourth-order valence-electron chi connectivity index (χ4n) is 1.40. The van der Waals surface area contributed by atoms with E-state index in [1.54, 1.807) is 0 Å². The Kier molecular flexibility index (Phi) is 1.69. The van der Waals surface area contributed by atoms with E-state index < -0.39 is 0 Å². The molecule has 1 aromatic heterocycles. The van der Waals surface area contributed by atoms with Crippen LogP contribution in [0.3, 0.4) is 0 Å². The third-order valence-electron chi connectivity index (χ3n) is 2.18. The highest BCUT2D eigenvalue weighted by Gasteiger charge is 2.02. The Balaban J connectivity index is 2.87. The van der Waals surface area contributed by atoms with E-state index in [0.29, 0.717) is 5.75 Å².